The lowest BCUT2D eigenvalue weighted by Gasteiger charge is -2.16. The number of alkyl carbamates (subject to hydrolysis) is 1. The molecule has 1 saturated heterocycles. The largest absolute Gasteiger partial charge is 0.492 e. The molecule has 1 heterocycles. The zero-order valence-electron chi connectivity index (χ0n) is 9.86. The molecule has 2 rings (SSSR count). The number of amides is 1. The van der Waals surface area contributed by atoms with Crippen molar-refractivity contribution in [1.29, 1.82) is 0 Å². The molecule has 0 saturated carbocycles. The molecule has 1 unspecified atom stereocenters. The highest BCUT2D eigenvalue weighted by Crippen LogP contribution is 2.37. The molecule has 1 amide bonds. The van der Waals surface area contributed by atoms with Crippen LogP contribution in [0.4, 0.5) is 4.79 Å². The third kappa shape index (κ3) is 2.27. The van der Waals surface area contributed by atoms with Gasteiger partial charge in [0.1, 0.15) is 6.10 Å². The maximum atomic E-state index is 11.0. The first kappa shape index (κ1) is 11.6. The van der Waals surface area contributed by atoms with Crippen molar-refractivity contribution < 1.29 is 19.0 Å². The molecule has 5 heteroatoms. The SMILES string of the molecule is CCOc1cccc(C2CNC(=O)O2)c1OC. The van der Waals surface area contributed by atoms with Crippen LogP contribution in [-0.4, -0.2) is 26.4 Å². The second-order valence-electron chi connectivity index (χ2n) is 3.59. The van der Waals surface area contributed by atoms with Crippen molar-refractivity contribution in [2.45, 2.75) is 13.0 Å². The molecule has 1 N–H and O–H groups in total. The summed E-state index contributed by atoms with van der Waals surface area (Å²) in [6.07, 6.45) is -0.725. The Kier molecular flexibility index (Phi) is 3.37. The number of rotatable bonds is 4. The van der Waals surface area contributed by atoms with Crippen LogP contribution < -0.4 is 14.8 Å². The average Bonchev–Trinajstić information content (AvgIpc) is 2.76. The number of ether oxygens (including phenoxy) is 3. The van der Waals surface area contributed by atoms with E-state index in [9.17, 15) is 4.79 Å². The Morgan fingerprint density at radius 3 is 2.94 bits per heavy atom. The summed E-state index contributed by atoms with van der Waals surface area (Å²) in [5.41, 5.74) is 0.816. The van der Waals surface area contributed by atoms with Crippen molar-refractivity contribution in [1.82, 2.24) is 5.32 Å². The minimum atomic E-state index is -0.404. The fraction of sp³-hybridized carbons (Fsp3) is 0.417. The molecular weight excluding hydrogens is 222 g/mol. The fourth-order valence-electron chi connectivity index (χ4n) is 1.84. The maximum Gasteiger partial charge on any atom is 0.407 e. The second kappa shape index (κ2) is 4.95. The average molecular weight is 237 g/mol. The smallest absolute Gasteiger partial charge is 0.407 e. The first-order valence-electron chi connectivity index (χ1n) is 5.50. The van der Waals surface area contributed by atoms with E-state index in [0.717, 1.165) is 5.56 Å². The van der Waals surface area contributed by atoms with Crippen LogP contribution in [0, 0.1) is 0 Å². The lowest BCUT2D eigenvalue weighted by atomic mass is 10.1. The summed E-state index contributed by atoms with van der Waals surface area (Å²) in [4.78, 5) is 11.0. The van der Waals surface area contributed by atoms with Gasteiger partial charge in [0, 0.05) is 5.56 Å². The van der Waals surface area contributed by atoms with E-state index >= 15 is 0 Å². The monoisotopic (exact) mass is 237 g/mol. The van der Waals surface area contributed by atoms with Crippen molar-refractivity contribution >= 4 is 6.09 Å². The van der Waals surface area contributed by atoms with Crippen molar-refractivity contribution in [3.63, 3.8) is 0 Å². The number of carbonyl (C=O) groups excluding carboxylic acids is 1. The van der Waals surface area contributed by atoms with E-state index < -0.39 is 6.09 Å². The van der Waals surface area contributed by atoms with Crippen molar-refractivity contribution in [3.05, 3.63) is 23.8 Å². The lowest BCUT2D eigenvalue weighted by Crippen LogP contribution is -2.12. The van der Waals surface area contributed by atoms with Gasteiger partial charge in [-0.1, -0.05) is 12.1 Å². The van der Waals surface area contributed by atoms with E-state index in [1.54, 1.807) is 7.11 Å². The third-order valence-electron chi connectivity index (χ3n) is 2.54. The van der Waals surface area contributed by atoms with Gasteiger partial charge in [-0.15, -0.1) is 0 Å². The molecule has 1 atom stereocenters. The van der Waals surface area contributed by atoms with Crippen molar-refractivity contribution in [2.24, 2.45) is 0 Å². The predicted molar refractivity (Wildman–Crippen MR) is 61.4 cm³/mol. The molecule has 1 aromatic carbocycles. The van der Waals surface area contributed by atoms with Gasteiger partial charge in [0.15, 0.2) is 11.5 Å². The molecule has 1 fully saturated rings. The molecule has 1 aromatic rings. The first-order valence-corrected chi connectivity index (χ1v) is 5.50. The molecular formula is C12H15NO4. The summed E-state index contributed by atoms with van der Waals surface area (Å²) < 4.78 is 15.9. The minimum Gasteiger partial charge on any atom is -0.492 e. The number of cyclic esters (lactones) is 1. The minimum absolute atomic E-state index is 0.321. The van der Waals surface area contributed by atoms with Crippen LogP contribution in [0.1, 0.15) is 18.6 Å². The van der Waals surface area contributed by atoms with Crippen LogP contribution >= 0.6 is 0 Å². The van der Waals surface area contributed by atoms with Gasteiger partial charge in [0.05, 0.1) is 20.3 Å². The number of hydrogen-bond acceptors (Lipinski definition) is 4. The lowest BCUT2D eigenvalue weighted by molar-refractivity contribution is 0.139. The first-order chi connectivity index (χ1) is 8.26. The number of benzene rings is 1. The Balaban J connectivity index is 2.32. The molecule has 92 valence electrons. The van der Waals surface area contributed by atoms with E-state index in [0.29, 0.717) is 24.7 Å². The molecule has 0 aliphatic carbocycles. The van der Waals surface area contributed by atoms with Crippen LogP contribution in [0.3, 0.4) is 0 Å². The van der Waals surface area contributed by atoms with Gasteiger partial charge in [-0.2, -0.15) is 0 Å². The number of nitrogens with one attached hydrogen (secondary N) is 1. The zero-order chi connectivity index (χ0) is 12.3. The van der Waals surface area contributed by atoms with Crippen LogP contribution in [0.5, 0.6) is 11.5 Å². The van der Waals surface area contributed by atoms with E-state index in [1.807, 2.05) is 25.1 Å². The number of methoxy groups -OCH3 is 1. The Hall–Kier alpha value is -1.91. The Labute approximate surface area is 99.7 Å². The number of hydrogen-bond donors (Lipinski definition) is 1. The topological polar surface area (TPSA) is 56.8 Å². The highest BCUT2D eigenvalue weighted by atomic mass is 16.6. The van der Waals surface area contributed by atoms with Crippen LogP contribution in [0.15, 0.2) is 18.2 Å². The van der Waals surface area contributed by atoms with Gasteiger partial charge in [0.2, 0.25) is 0 Å². The molecule has 1 aliphatic heterocycles. The van der Waals surface area contributed by atoms with Crippen LogP contribution in [0.2, 0.25) is 0 Å². The fourth-order valence-corrected chi connectivity index (χ4v) is 1.84. The van der Waals surface area contributed by atoms with Gasteiger partial charge in [0.25, 0.3) is 0 Å². The van der Waals surface area contributed by atoms with E-state index in [1.165, 1.54) is 0 Å². The zero-order valence-corrected chi connectivity index (χ0v) is 9.86. The highest BCUT2D eigenvalue weighted by Gasteiger charge is 2.28. The van der Waals surface area contributed by atoms with E-state index in [4.69, 9.17) is 14.2 Å². The normalized spacial score (nSPS) is 18.5. The Morgan fingerprint density at radius 2 is 2.35 bits per heavy atom. The Morgan fingerprint density at radius 1 is 1.53 bits per heavy atom. The van der Waals surface area contributed by atoms with Gasteiger partial charge in [-0.3, -0.25) is 0 Å². The standard InChI is InChI=1S/C12H15NO4/c1-3-16-9-6-4-5-8(11(9)15-2)10-7-13-12(14)17-10/h4-6,10H,3,7H2,1-2H3,(H,13,14). The molecule has 1 aliphatic rings. The van der Waals surface area contributed by atoms with Crippen LogP contribution in [-0.2, 0) is 4.74 Å². The van der Waals surface area contributed by atoms with E-state index in [-0.39, 0.29) is 6.10 Å². The third-order valence-corrected chi connectivity index (χ3v) is 2.54. The van der Waals surface area contributed by atoms with E-state index in [2.05, 4.69) is 5.32 Å². The quantitative estimate of drug-likeness (QED) is 0.868. The molecule has 17 heavy (non-hydrogen) atoms. The summed E-state index contributed by atoms with van der Waals surface area (Å²) in [6.45, 7) is 2.91. The molecule has 0 radical (unpaired) electrons. The van der Waals surface area contributed by atoms with Gasteiger partial charge in [-0.25, -0.2) is 4.79 Å². The summed E-state index contributed by atoms with van der Waals surface area (Å²) in [7, 11) is 1.57. The number of para-hydroxylation sites is 1. The summed E-state index contributed by atoms with van der Waals surface area (Å²) in [5.74, 6) is 1.28. The summed E-state index contributed by atoms with van der Waals surface area (Å²) in [5, 5.41) is 2.61. The number of carbonyl (C=O) groups is 1. The van der Waals surface area contributed by atoms with Gasteiger partial charge in [-0.05, 0) is 13.0 Å². The maximum absolute atomic E-state index is 11.0. The van der Waals surface area contributed by atoms with Gasteiger partial charge >= 0.3 is 6.09 Å². The van der Waals surface area contributed by atoms with Crippen LogP contribution in [0.25, 0.3) is 0 Å². The Bertz CT molecular complexity index is 419. The summed E-state index contributed by atoms with van der Waals surface area (Å²) in [6, 6.07) is 5.55. The molecule has 0 aromatic heterocycles. The summed E-state index contributed by atoms with van der Waals surface area (Å²) >= 11 is 0. The molecule has 0 spiro atoms. The van der Waals surface area contributed by atoms with Crippen molar-refractivity contribution in [2.75, 3.05) is 20.3 Å². The second-order valence-corrected chi connectivity index (χ2v) is 3.59. The van der Waals surface area contributed by atoms with Crippen molar-refractivity contribution in [3.8, 4) is 11.5 Å². The highest BCUT2D eigenvalue weighted by molar-refractivity contribution is 5.70. The predicted octanol–water partition coefficient (Wildman–Crippen LogP) is 1.87. The molecule has 0 bridgehead atoms. The van der Waals surface area contributed by atoms with Gasteiger partial charge < -0.3 is 19.5 Å². The molecule has 5 nitrogen and oxygen atoms in total.